The Bertz CT molecular complexity index is 1100. The maximum atomic E-state index is 12.8. The van der Waals surface area contributed by atoms with Crippen LogP contribution in [0, 0.1) is 0 Å². The van der Waals surface area contributed by atoms with Crippen molar-refractivity contribution in [3.63, 3.8) is 0 Å². The molecular weight excluding hydrogens is 424 g/mol. The third-order valence-corrected chi connectivity index (χ3v) is 6.60. The Morgan fingerprint density at radius 2 is 1.47 bits per heavy atom. The number of benzene rings is 3. The molecule has 0 radical (unpaired) electrons. The lowest BCUT2D eigenvalue weighted by molar-refractivity contribution is -0.120. The molecule has 8 heteroatoms. The number of amides is 1. The Hall–Kier alpha value is -3.03. The van der Waals surface area contributed by atoms with Gasteiger partial charge in [0.25, 0.3) is 15.9 Å². The molecule has 0 N–H and O–H groups in total. The van der Waals surface area contributed by atoms with Crippen LogP contribution in [0.25, 0.3) is 0 Å². The number of likely N-dealkylation sites (N-methyl/N-ethyl adjacent to an activating group) is 1. The van der Waals surface area contributed by atoms with E-state index in [1.165, 1.54) is 40.5 Å². The third kappa shape index (κ3) is 4.93. The van der Waals surface area contributed by atoms with E-state index < -0.39 is 10.0 Å². The molecule has 0 bridgehead atoms. The van der Waals surface area contributed by atoms with E-state index in [9.17, 15) is 13.2 Å². The molecule has 0 fully saturated rings. The number of para-hydroxylation sites is 1. The van der Waals surface area contributed by atoms with E-state index in [-0.39, 0.29) is 17.4 Å². The second-order valence-corrected chi connectivity index (χ2v) is 8.90. The van der Waals surface area contributed by atoms with Crippen LogP contribution in [-0.2, 0) is 14.8 Å². The van der Waals surface area contributed by atoms with E-state index in [0.717, 1.165) is 5.69 Å². The van der Waals surface area contributed by atoms with Crippen molar-refractivity contribution in [2.24, 2.45) is 0 Å². The standard InChI is InChI=1S/C22H21ClN2O4S/c1-24(18-6-4-3-5-7-18)22(26)16-29-20-12-10-19(11-13-20)25(2)30(27,28)21-14-8-17(23)9-15-21/h3-15H,16H2,1-2H3. The second kappa shape index (κ2) is 9.19. The fourth-order valence-electron chi connectivity index (χ4n) is 2.69. The lowest BCUT2D eigenvalue weighted by atomic mass is 10.3. The zero-order valence-corrected chi connectivity index (χ0v) is 18.1. The summed E-state index contributed by atoms with van der Waals surface area (Å²) in [6, 6.07) is 21.7. The summed E-state index contributed by atoms with van der Waals surface area (Å²) in [7, 11) is -0.565. The van der Waals surface area contributed by atoms with Gasteiger partial charge in [-0.2, -0.15) is 0 Å². The number of rotatable bonds is 7. The van der Waals surface area contributed by atoms with E-state index in [1.54, 1.807) is 31.3 Å². The maximum absolute atomic E-state index is 12.8. The van der Waals surface area contributed by atoms with Crippen LogP contribution < -0.4 is 13.9 Å². The van der Waals surface area contributed by atoms with Crippen LogP contribution in [0.2, 0.25) is 5.02 Å². The van der Waals surface area contributed by atoms with Gasteiger partial charge < -0.3 is 9.64 Å². The van der Waals surface area contributed by atoms with Crippen LogP contribution >= 0.6 is 11.6 Å². The van der Waals surface area contributed by atoms with Gasteiger partial charge in [0.15, 0.2) is 6.61 Å². The Labute approximate surface area is 181 Å². The fourth-order valence-corrected chi connectivity index (χ4v) is 4.01. The number of halogens is 1. The number of carbonyl (C=O) groups excluding carboxylic acids is 1. The van der Waals surface area contributed by atoms with Crippen LogP contribution in [0.15, 0.2) is 83.8 Å². The maximum Gasteiger partial charge on any atom is 0.264 e. The molecule has 0 saturated carbocycles. The first-order chi connectivity index (χ1) is 14.3. The first-order valence-electron chi connectivity index (χ1n) is 9.08. The first-order valence-corrected chi connectivity index (χ1v) is 10.9. The number of sulfonamides is 1. The summed E-state index contributed by atoms with van der Waals surface area (Å²) in [5.41, 5.74) is 1.24. The van der Waals surface area contributed by atoms with E-state index >= 15 is 0 Å². The molecular formula is C22H21ClN2O4S. The quantitative estimate of drug-likeness (QED) is 0.547. The monoisotopic (exact) mass is 444 g/mol. The van der Waals surface area contributed by atoms with Gasteiger partial charge in [-0.3, -0.25) is 9.10 Å². The van der Waals surface area contributed by atoms with E-state index in [4.69, 9.17) is 16.3 Å². The second-order valence-electron chi connectivity index (χ2n) is 6.50. The molecule has 0 saturated heterocycles. The first kappa shape index (κ1) is 21.7. The van der Waals surface area contributed by atoms with Gasteiger partial charge >= 0.3 is 0 Å². The molecule has 0 aliphatic carbocycles. The summed E-state index contributed by atoms with van der Waals surface area (Å²) < 4.78 is 32.2. The summed E-state index contributed by atoms with van der Waals surface area (Å²) >= 11 is 5.83. The number of hydrogen-bond acceptors (Lipinski definition) is 4. The summed E-state index contributed by atoms with van der Waals surface area (Å²) in [5.74, 6) is 0.263. The van der Waals surface area contributed by atoms with Gasteiger partial charge in [0.2, 0.25) is 0 Å². The third-order valence-electron chi connectivity index (χ3n) is 4.55. The van der Waals surface area contributed by atoms with Crippen LogP contribution in [0.5, 0.6) is 5.75 Å². The average molecular weight is 445 g/mol. The van der Waals surface area contributed by atoms with Gasteiger partial charge in [-0.15, -0.1) is 0 Å². The van der Waals surface area contributed by atoms with Crippen molar-refractivity contribution in [1.29, 1.82) is 0 Å². The summed E-state index contributed by atoms with van der Waals surface area (Å²) in [6.45, 7) is -0.135. The molecule has 1 amide bonds. The number of anilines is 2. The highest BCUT2D eigenvalue weighted by atomic mass is 35.5. The number of carbonyl (C=O) groups is 1. The van der Waals surface area contributed by atoms with Crippen molar-refractivity contribution < 1.29 is 17.9 Å². The van der Waals surface area contributed by atoms with Gasteiger partial charge in [-0.05, 0) is 60.7 Å². The molecule has 156 valence electrons. The topological polar surface area (TPSA) is 66.9 Å². The van der Waals surface area contributed by atoms with Crippen LogP contribution in [0.3, 0.4) is 0 Å². The van der Waals surface area contributed by atoms with Crippen LogP contribution in [0.1, 0.15) is 0 Å². The SMILES string of the molecule is CN(C(=O)COc1ccc(N(C)S(=O)(=O)c2ccc(Cl)cc2)cc1)c1ccccc1. The van der Waals surface area contributed by atoms with Crippen molar-refractivity contribution in [2.75, 3.05) is 29.9 Å². The Morgan fingerprint density at radius 1 is 0.867 bits per heavy atom. The average Bonchev–Trinajstić information content (AvgIpc) is 2.77. The van der Waals surface area contributed by atoms with Crippen molar-refractivity contribution in [1.82, 2.24) is 0 Å². The molecule has 6 nitrogen and oxygen atoms in total. The fraction of sp³-hybridized carbons (Fsp3) is 0.136. The highest BCUT2D eigenvalue weighted by Crippen LogP contribution is 2.25. The van der Waals surface area contributed by atoms with Crippen molar-refractivity contribution in [2.45, 2.75) is 4.90 Å². The van der Waals surface area contributed by atoms with Crippen LogP contribution in [0.4, 0.5) is 11.4 Å². The molecule has 3 aromatic carbocycles. The molecule has 0 atom stereocenters. The van der Waals surface area contributed by atoms with Crippen LogP contribution in [-0.4, -0.2) is 35.0 Å². The number of hydrogen-bond donors (Lipinski definition) is 0. The molecule has 3 rings (SSSR count). The predicted molar refractivity (Wildman–Crippen MR) is 119 cm³/mol. The Kier molecular flexibility index (Phi) is 6.64. The summed E-state index contributed by atoms with van der Waals surface area (Å²) in [4.78, 5) is 14.0. The molecule has 3 aromatic rings. The number of nitrogens with zero attached hydrogens (tertiary/aromatic N) is 2. The van der Waals surface area contributed by atoms with Crippen molar-refractivity contribution in [3.8, 4) is 5.75 Å². The van der Waals surface area contributed by atoms with Crippen molar-refractivity contribution in [3.05, 3.63) is 83.9 Å². The lowest BCUT2D eigenvalue weighted by Crippen LogP contribution is -2.31. The van der Waals surface area contributed by atoms with E-state index in [0.29, 0.717) is 16.5 Å². The molecule has 0 heterocycles. The normalized spacial score (nSPS) is 11.0. The van der Waals surface area contributed by atoms with Gasteiger partial charge in [-0.25, -0.2) is 8.42 Å². The minimum Gasteiger partial charge on any atom is -0.484 e. The molecule has 0 unspecified atom stereocenters. The largest absolute Gasteiger partial charge is 0.484 e. The minimum atomic E-state index is -3.72. The zero-order valence-electron chi connectivity index (χ0n) is 16.5. The van der Waals surface area contributed by atoms with E-state index in [1.807, 2.05) is 30.3 Å². The van der Waals surface area contributed by atoms with E-state index in [2.05, 4.69) is 0 Å². The molecule has 30 heavy (non-hydrogen) atoms. The molecule has 0 spiro atoms. The Morgan fingerprint density at radius 3 is 2.07 bits per heavy atom. The molecule has 0 aromatic heterocycles. The van der Waals surface area contributed by atoms with Gasteiger partial charge in [0, 0.05) is 24.8 Å². The van der Waals surface area contributed by atoms with Crippen molar-refractivity contribution >= 4 is 38.9 Å². The smallest absolute Gasteiger partial charge is 0.264 e. The Balaban J connectivity index is 1.64. The van der Waals surface area contributed by atoms with Gasteiger partial charge in [-0.1, -0.05) is 29.8 Å². The number of ether oxygens (including phenoxy) is 1. The zero-order chi connectivity index (χ0) is 21.7. The van der Waals surface area contributed by atoms with Gasteiger partial charge in [0.1, 0.15) is 5.75 Å². The predicted octanol–water partition coefficient (Wildman–Crippen LogP) is 4.21. The highest BCUT2D eigenvalue weighted by Gasteiger charge is 2.21. The minimum absolute atomic E-state index is 0.135. The lowest BCUT2D eigenvalue weighted by Gasteiger charge is -2.20. The summed E-state index contributed by atoms with van der Waals surface area (Å²) in [6.07, 6.45) is 0. The highest BCUT2D eigenvalue weighted by molar-refractivity contribution is 7.92. The summed E-state index contributed by atoms with van der Waals surface area (Å²) in [5, 5.41) is 0.463. The molecule has 0 aliphatic heterocycles. The van der Waals surface area contributed by atoms with Gasteiger partial charge in [0.05, 0.1) is 10.6 Å². The molecule has 0 aliphatic rings.